The van der Waals surface area contributed by atoms with Gasteiger partial charge in [0.2, 0.25) is 0 Å². The van der Waals surface area contributed by atoms with E-state index in [0.29, 0.717) is 17.3 Å². The van der Waals surface area contributed by atoms with Crippen molar-refractivity contribution in [2.75, 3.05) is 19.7 Å². The predicted molar refractivity (Wildman–Crippen MR) is 83.8 cm³/mol. The molecule has 0 aliphatic heterocycles. The maximum atomic E-state index is 9.85. The van der Waals surface area contributed by atoms with Crippen molar-refractivity contribution in [3.8, 4) is 5.75 Å². The number of ether oxygens (including phenoxy) is 1. The minimum absolute atomic E-state index is 0.239. The smallest absolute Gasteiger partial charge is 0.120 e. The second-order valence-electron chi connectivity index (χ2n) is 4.73. The largest absolute Gasteiger partial charge is 0.491 e. The van der Waals surface area contributed by atoms with Crippen molar-refractivity contribution in [1.82, 2.24) is 10.3 Å². The van der Waals surface area contributed by atoms with Crippen molar-refractivity contribution in [2.24, 2.45) is 0 Å². The van der Waals surface area contributed by atoms with Crippen LogP contribution < -0.4 is 10.1 Å². The van der Waals surface area contributed by atoms with Gasteiger partial charge in [0, 0.05) is 24.0 Å². The summed E-state index contributed by atoms with van der Waals surface area (Å²) in [7, 11) is 0. The van der Waals surface area contributed by atoms with E-state index in [0.717, 1.165) is 13.0 Å². The van der Waals surface area contributed by atoms with Crippen molar-refractivity contribution in [3.63, 3.8) is 0 Å². The third kappa shape index (κ3) is 6.12. The lowest BCUT2D eigenvalue weighted by molar-refractivity contribution is 0.106. The van der Waals surface area contributed by atoms with E-state index in [-0.39, 0.29) is 6.61 Å². The predicted octanol–water partition coefficient (Wildman–Crippen LogP) is 2.31. The minimum atomic E-state index is -0.554. The number of rotatable bonds is 8. The zero-order valence-corrected chi connectivity index (χ0v) is 12.5. The lowest BCUT2D eigenvalue weighted by Gasteiger charge is -2.13. The lowest BCUT2D eigenvalue weighted by Crippen LogP contribution is -2.32. The van der Waals surface area contributed by atoms with Crippen LogP contribution in [0.25, 0.3) is 0 Å². The van der Waals surface area contributed by atoms with E-state index < -0.39 is 6.10 Å². The van der Waals surface area contributed by atoms with Gasteiger partial charge in [-0.3, -0.25) is 4.98 Å². The Balaban J connectivity index is 1.60. The number of benzene rings is 1. The van der Waals surface area contributed by atoms with Crippen LogP contribution in [0.5, 0.6) is 5.75 Å². The van der Waals surface area contributed by atoms with E-state index in [9.17, 15) is 5.11 Å². The number of aromatic nitrogens is 1. The molecule has 2 aromatic rings. The highest BCUT2D eigenvalue weighted by atomic mass is 35.5. The number of nitrogens with one attached hydrogen (secondary N) is 1. The Hall–Kier alpha value is -1.62. The van der Waals surface area contributed by atoms with Gasteiger partial charge < -0.3 is 15.2 Å². The second-order valence-corrected chi connectivity index (χ2v) is 5.17. The quantitative estimate of drug-likeness (QED) is 0.735. The van der Waals surface area contributed by atoms with Crippen molar-refractivity contribution in [1.29, 1.82) is 0 Å². The summed E-state index contributed by atoms with van der Waals surface area (Å²) >= 11 is 5.86. The van der Waals surface area contributed by atoms with Crippen LogP contribution >= 0.6 is 11.6 Å². The summed E-state index contributed by atoms with van der Waals surface area (Å²) in [6.07, 6.45) is 3.91. The van der Waals surface area contributed by atoms with Crippen LogP contribution in [0.4, 0.5) is 0 Å². The Kier molecular flexibility index (Phi) is 6.47. The summed E-state index contributed by atoms with van der Waals surface area (Å²) in [6, 6.07) is 11.1. The third-order valence-electron chi connectivity index (χ3n) is 2.96. The normalized spacial score (nSPS) is 12.1. The molecule has 1 heterocycles. The van der Waals surface area contributed by atoms with Gasteiger partial charge in [0.1, 0.15) is 18.5 Å². The Morgan fingerprint density at radius 3 is 2.81 bits per heavy atom. The summed E-state index contributed by atoms with van der Waals surface area (Å²) in [4.78, 5) is 3.97. The van der Waals surface area contributed by atoms with E-state index >= 15 is 0 Å². The van der Waals surface area contributed by atoms with Crippen molar-refractivity contribution in [2.45, 2.75) is 12.5 Å². The molecule has 2 rings (SSSR count). The molecule has 4 nitrogen and oxygen atoms in total. The summed E-state index contributed by atoms with van der Waals surface area (Å²) in [6.45, 7) is 1.53. The van der Waals surface area contributed by atoms with Crippen LogP contribution in [0.15, 0.2) is 48.8 Å². The molecule has 0 aliphatic carbocycles. The monoisotopic (exact) mass is 306 g/mol. The molecule has 2 N–H and O–H groups in total. The fourth-order valence-electron chi connectivity index (χ4n) is 1.86. The Bertz CT molecular complexity index is 537. The minimum Gasteiger partial charge on any atom is -0.491 e. The molecule has 1 unspecified atom stereocenters. The molecule has 1 aromatic heterocycles. The molecule has 1 aromatic carbocycles. The third-order valence-corrected chi connectivity index (χ3v) is 3.19. The molecular weight excluding hydrogens is 288 g/mol. The van der Waals surface area contributed by atoms with E-state index in [1.54, 1.807) is 24.5 Å². The molecule has 0 aliphatic rings. The molecule has 1 atom stereocenters. The SMILES string of the molecule is OC(CNCCc1ccncc1)COc1cccc(Cl)c1. The van der Waals surface area contributed by atoms with Crippen LogP contribution in [0.3, 0.4) is 0 Å². The number of halogens is 1. The van der Waals surface area contributed by atoms with Gasteiger partial charge in [0.05, 0.1) is 0 Å². The lowest BCUT2D eigenvalue weighted by atomic mass is 10.2. The Morgan fingerprint density at radius 2 is 2.05 bits per heavy atom. The molecule has 5 heteroatoms. The van der Waals surface area contributed by atoms with Gasteiger partial charge in [0.25, 0.3) is 0 Å². The maximum absolute atomic E-state index is 9.85. The first-order valence-electron chi connectivity index (χ1n) is 6.90. The Labute approximate surface area is 129 Å². The molecule has 21 heavy (non-hydrogen) atoms. The standard InChI is InChI=1S/C16H19ClN2O2/c17-14-2-1-3-16(10-14)21-12-15(20)11-19-9-6-13-4-7-18-8-5-13/h1-5,7-8,10,15,19-20H,6,9,11-12H2. The van der Waals surface area contributed by atoms with Gasteiger partial charge in [-0.15, -0.1) is 0 Å². The molecule has 0 fully saturated rings. The summed E-state index contributed by atoms with van der Waals surface area (Å²) in [5, 5.41) is 13.7. The van der Waals surface area contributed by atoms with Gasteiger partial charge in [-0.05, 0) is 48.9 Å². The highest BCUT2D eigenvalue weighted by Gasteiger charge is 2.05. The summed E-state index contributed by atoms with van der Waals surface area (Å²) in [5.74, 6) is 0.665. The highest BCUT2D eigenvalue weighted by Crippen LogP contribution is 2.17. The fourth-order valence-corrected chi connectivity index (χ4v) is 2.04. The number of hydrogen-bond acceptors (Lipinski definition) is 4. The molecule has 0 saturated carbocycles. The van der Waals surface area contributed by atoms with Crippen LogP contribution in [0, 0.1) is 0 Å². The van der Waals surface area contributed by atoms with Crippen molar-refractivity contribution < 1.29 is 9.84 Å². The van der Waals surface area contributed by atoms with Crippen LogP contribution in [-0.4, -0.2) is 35.9 Å². The van der Waals surface area contributed by atoms with Crippen LogP contribution in [-0.2, 0) is 6.42 Å². The molecule has 0 spiro atoms. The average molecular weight is 307 g/mol. The van der Waals surface area contributed by atoms with Gasteiger partial charge in [0.15, 0.2) is 0 Å². The zero-order valence-electron chi connectivity index (χ0n) is 11.7. The topological polar surface area (TPSA) is 54.4 Å². The summed E-state index contributed by atoms with van der Waals surface area (Å²) < 4.78 is 5.48. The van der Waals surface area contributed by atoms with Gasteiger partial charge in [-0.25, -0.2) is 0 Å². The van der Waals surface area contributed by atoms with Crippen molar-refractivity contribution >= 4 is 11.6 Å². The van der Waals surface area contributed by atoms with E-state index in [2.05, 4.69) is 10.3 Å². The van der Waals surface area contributed by atoms with Gasteiger partial charge >= 0.3 is 0 Å². The molecular formula is C16H19ClN2O2. The van der Waals surface area contributed by atoms with Crippen LogP contribution in [0.2, 0.25) is 5.02 Å². The first-order chi connectivity index (χ1) is 10.2. The van der Waals surface area contributed by atoms with E-state index in [1.807, 2.05) is 24.3 Å². The first-order valence-corrected chi connectivity index (χ1v) is 7.28. The molecule has 0 bridgehead atoms. The number of aliphatic hydroxyl groups is 1. The van der Waals surface area contributed by atoms with Gasteiger partial charge in [-0.1, -0.05) is 17.7 Å². The molecule has 112 valence electrons. The number of hydrogen-bond donors (Lipinski definition) is 2. The van der Waals surface area contributed by atoms with E-state index in [4.69, 9.17) is 16.3 Å². The fraction of sp³-hybridized carbons (Fsp3) is 0.312. The number of aliphatic hydroxyl groups excluding tert-OH is 1. The Morgan fingerprint density at radius 1 is 1.24 bits per heavy atom. The van der Waals surface area contributed by atoms with E-state index in [1.165, 1.54) is 5.56 Å². The number of pyridine rings is 1. The molecule has 0 amide bonds. The second kappa shape index (κ2) is 8.62. The number of nitrogens with zero attached hydrogens (tertiary/aromatic N) is 1. The first kappa shape index (κ1) is 15.8. The van der Waals surface area contributed by atoms with Crippen LogP contribution in [0.1, 0.15) is 5.56 Å². The molecule has 0 saturated heterocycles. The van der Waals surface area contributed by atoms with Gasteiger partial charge in [-0.2, -0.15) is 0 Å². The average Bonchev–Trinajstić information content (AvgIpc) is 2.51. The molecule has 0 radical (unpaired) electrons. The highest BCUT2D eigenvalue weighted by molar-refractivity contribution is 6.30. The maximum Gasteiger partial charge on any atom is 0.120 e. The van der Waals surface area contributed by atoms with Crippen molar-refractivity contribution in [3.05, 3.63) is 59.4 Å². The zero-order chi connectivity index (χ0) is 14.9. The summed E-state index contributed by atoms with van der Waals surface area (Å²) in [5.41, 5.74) is 1.22.